The van der Waals surface area contributed by atoms with Crippen LogP contribution in [0.15, 0.2) is 128 Å². The maximum absolute atomic E-state index is 12.7. The maximum Gasteiger partial charge on any atom is 0.248 e. The maximum atomic E-state index is 12.7. The van der Waals surface area contributed by atoms with Crippen LogP contribution < -0.4 is 10.6 Å². The Labute approximate surface area is 217 Å². The minimum absolute atomic E-state index is 0.250. The number of aliphatic hydroxyl groups excluding tert-OH is 1. The number of aromatic nitrogens is 2. The molecule has 0 saturated carbocycles. The molecule has 0 radical (unpaired) electrons. The van der Waals surface area contributed by atoms with Gasteiger partial charge in [0.1, 0.15) is 5.82 Å². The lowest BCUT2D eigenvalue weighted by Gasteiger charge is -2.33. The first-order chi connectivity index (χ1) is 18.2. The highest BCUT2D eigenvalue weighted by Gasteiger charge is 2.35. The summed E-state index contributed by atoms with van der Waals surface area (Å²) in [6.07, 6.45) is 9.36. The van der Waals surface area contributed by atoms with Crippen LogP contribution in [0.25, 0.3) is 0 Å². The Bertz CT molecular complexity index is 1330. The van der Waals surface area contributed by atoms with E-state index in [-0.39, 0.29) is 5.91 Å². The Morgan fingerprint density at radius 1 is 0.838 bits per heavy atom. The van der Waals surface area contributed by atoms with Crippen LogP contribution in [-0.4, -0.2) is 21.0 Å². The van der Waals surface area contributed by atoms with Gasteiger partial charge in [-0.1, -0.05) is 78.9 Å². The minimum Gasteiger partial charge on any atom is -0.388 e. The van der Waals surface area contributed by atoms with Gasteiger partial charge in [-0.15, -0.1) is 0 Å². The van der Waals surface area contributed by atoms with E-state index < -0.39 is 18.1 Å². The number of para-hydroxylation sites is 1. The highest BCUT2D eigenvalue weighted by Crippen LogP contribution is 2.43. The number of amides is 1. The summed E-state index contributed by atoms with van der Waals surface area (Å²) >= 11 is 0. The van der Waals surface area contributed by atoms with Gasteiger partial charge < -0.3 is 15.7 Å². The summed E-state index contributed by atoms with van der Waals surface area (Å²) in [4.78, 5) is 21.8. The second-order valence-electron chi connectivity index (χ2n) is 8.43. The van der Waals surface area contributed by atoms with E-state index in [0.29, 0.717) is 17.2 Å². The van der Waals surface area contributed by atoms with Crippen LogP contribution in [0.4, 0.5) is 11.5 Å². The molecule has 37 heavy (non-hydrogen) atoms. The largest absolute Gasteiger partial charge is 0.388 e. The smallest absolute Gasteiger partial charge is 0.248 e. The third-order valence-electron chi connectivity index (χ3n) is 5.94. The second kappa shape index (κ2) is 13.0. The van der Waals surface area contributed by atoms with Crippen molar-refractivity contribution in [1.82, 2.24) is 9.97 Å². The average molecular weight is 491 g/mol. The zero-order chi connectivity index (χ0) is 25.9. The number of aliphatic hydroxyl groups is 1. The Hall–Kier alpha value is -4.55. The Morgan fingerprint density at radius 2 is 1.54 bits per heavy atom. The number of benzene rings is 2. The van der Waals surface area contributed by atoms with E-state index in [1.54, 1.807) is 24.5 Å². The van der Waals surface area contributed by atoms with Crippen LogP contribution in [0.1, 0.15) is 41.8 Å². The first-order valence-corrected chi connectivity index (χ1v) is 12.2. The molecule has 1 amide bonds. The van der Waals surface area contributed by atoms with Crippen molar-refractivity contribution in [3.8, 4) is 0 Å². The summed E-state index contributed by atoms with van der Waals surface area (Å²) in [5.41, 5.74) is 2.90. The van der Waals surface area contributed by atoms with Crippen LogP contribution in [0.5, 0.6) is 0 Å². The number of carbonyl (C=O) groups excluding carboxylic acids is 1. The first-order valence-electron chi connectivity index (χ1n) is 12.2. The Morgan fingerprint density at radius 3 is 2.24 bits per heavy atom. The summed E-state index contributed by atoms with van der Waals surface area (Å²) in [5, 5.41) is 18.3. The zero-order valence-electron chi connectivity index (χ0n) is 20.6. The van der Waals surface area contributed by atoms with Crippen LogP contribution in [0.2, 0.25) is 0 Å². The van der Waals surface area contributed by atoms with Gasteiger partial charge in [0.2, 0.25) is 5.91 Å². The third-order valence-corrected chi connectivity index (χ3v) is 5.94. The van der Waals surface area contributed by atoms with Crippen LogP contribution in [0.3, 0.4) is 0 Å². The van der Waals surface area contributed by atoms with Gasteiger partial charge in [0.05, 0.1) is 18.1 Å². The van der Waals surface area contributed by atoms with E-state index >= 15 is 0 Å². The monoisotopic (exact) mass is 490 g/mol. The number of hydrogen-bond donors (Lipinski definition) is 3. The van der Waals surface area contributed by atoms with E-state index in [1.165, 1.54) is 6.08 Å². The fourth-order valence-corrected chi connectivity index (χ4v) is 4.22. The lowest BCUT2D eigenvalue weighted by atomic mass is 9.82. The fourth-order valence-electron chi connectivity index (χ4n) is 4.22. The van der Waals surface area contributed by atoms with E-state index in [0.717, 1.165) is 11.1 Å². The van der Waals surface area contributed by atoms with Crippen LogP contribution >= 0.6 is 0 Å². The SMILES string of the molecule is C/C=C/C=C/C(=O)Nc1ccccc1[C@@H](Nc1ccccn1)[C@H](c1ccccn1)[C@H](O)c1ccccc1. The van der Waals surface area contributed by atoms with Crippen molar-refractivity contribution in [3.05, 3.63) is 145 Å². The number of carbonyl (C=O) groups is 1. The molecule has 0 aliphatic carbocycles. The summed E-state index contributed by atoms with van der Waals surface area (Å²) in [5.74, 6) is -0.120. The molecule has 0 fully saturated rings. The normalized spacial score (nSPS) is 13.8. The molecular weight excluding hydrogens is 460 g/mol. The van der Waals surface area contributed by atoms with Gasteiger partial charge >= 0.3 is 0 Å². The highest BCUT2D eigenvalue weighted by atomic mass is 16.3. The molecule has 0 saturated heterocycles. The zero-order valence-corrected chi connectivity index (χ0v) is 20.6. The molecule has 0 bridgehead atoms. The third kappa shape index (κ3) is 6.78. The van der Waals surface area contributed by atoms with Crippen LogP contribution in [-0.2, 0) is 4.79 Å². The molecule has 2 aromatic carbocycles. The number of anilines is 2. The van der Waals surface area contributed by atoms with Crippen molar-refractivity contribution >= 4 is 17.4 Å². The molecular formula is C31H30N4O2. The van der Waals surface area contributed by atoms with Gasteiger partial charge in [0.25, 0.3) is 0 Å². The van der Waals surface area contributed by atoms with Gasteiger partial charge in [-0.2, -0.15) is 0 Å². The summed E-state index contributed by atoms with van der Waals surface area (Å²) < 4.78 is 0. The Balaban J connectivity index is 1.83. The molecule has 186 valence electrons. The quantitative estimate of drug-likeness (QED) is 0.182. The molecule has 0 spiro atoms. The molecule has 0 aliphatic heterocycles. The number of rotatable bonds is 10. The van der Waals surface area contributed by atoms with Crippen molar-refractivity contribution in [3.63, 3.8) is 0 Å². The van der Waals surface area contributed by atoms with Crippen molar-refractivity contribution in [2.75, 3.05) is 10.6 Å². The van der Waals surface area contributed by atoms with Crippen molar-refractivity contribution < 1.29 is 9.90 Å². The molecule has 4 rings (SSSR count). The van der Waals surface area contributed by atoms with Gasteiger partial charge in [-0.3, -0.25) is 9.78 Å². The summed E-state index contributed by atoms with van der Waals surface area (Å²) in [7, 11) is 0. The number of allylic oxidation sites excluding steroid dienone is 3. The van der Waals surface area contributed by atoms with Crippen molar-refractivity contribution in [2.45, 2.75) is 25.0 Å². The number of hydrogen-bond acceptors (Lipinski definition) is 5. The summed E-state index contributed by atoms with van der Waals surface area (Å²) in [6.45, 7) is 1.89. The van der Waals surface area contributed by atoms with Crippen molar-refractivity contribution in [2.24, 2.45) is 0 Å². The molecule has 4 aromatic rings. The number of nitrogens with one attached hydrogen (secondary N) is 2. The highest BCUT2D eigenvalue weighted by molar-refractivity contribution is 6.00. The van der Waals surface area contributed by atoms with E-state index in [2.05, 4.69) is 20.6 Å². The molecule has 3 N–H and O–H groups in total. The van der Waals surface area contributed by atoms with E-state index in [4.69, 9.17) is 0 Å². The van der Waals surface area contributed by atoms with Crippen LogP contribution in [0, 0.1) is 0 Å². The van der Waals surface area contributed by atoms with E-state index in [1.807, 2.05) is 104 Å². The van der Waals surface area contributed by atoms with Gasteiger partial charge in [-0.25, -0.2) is 4.98 Å². The molecule has 2 heterocycles. The topological polar surface area (TPSA) is 87.1 Å². The number of nitrogens with zero attached hydrogens (tertiary/aromatic N) is 2. The lowest BCUT2D eigenvalue weighted by molar-refractivity contribution is -0.111. The predicted molar refractivity (Wildman–Crippen MR) is 148 cm³/mol. The molecule has 3 atom stereocenters. The molecule has 2 aromatic heterocycles. The Kier molecular flexibility index (Phi) is 8.94. The van der Waals surface area contributed by atoms with E-state index in [9.17, 15) is 9.90 Å². The molecule has 0 aliphatic rings. The molecule has 6 heteroatoms. The first kappa shape index (κ1) is 25.5. The predicted octanol–water partition coefficient (Wildman–Crippen LogP) is 6.22. The number of pyridine rings is 2. The fraction of sp³-hybridized carbons (Fsp3) is 0.129. The van der Waals surface area contributed by atoms with Crippen molar-refractivity contribution in [1.29, 1.82) is 0 Å². The average Bonchev–Trinajstić information content (AvgIpc) is 2.95. The van der Waals surface area contributed by atoms with Gasteiger partial charge in [-0.05, 0) is 48.4 Å². The molecule has 0 unspecified atom stereocenters. The van der Waals surface area contributed by atoms with Gasteiger partial charge in [0.15, 0.2) is 0 Å². The standard InChI is InChI=1S/C31H30N4O2/c1-2-3-5-20-28(36)34-25-17-9-8-16-24(25)30(35-27-19-11-13-22-33-27)29(26-18-10-12-21-32-26)31(37)23-14-6-4-7-15-23/h2-22,29-31,37H,1H3,(H,33,35)(H,34,36)/b3-2+,20-5+/t29-,30+,31+/m0/s1. The minimum atomic E-state index is -0.893. The lowest BCUT2D eigenvalue weighted by Crippen LogP contribution is -2.27. The van der Waals surface area contributed by atoms with Gasteiger partial charge in [0, 0.05) is 29.9 Å². The molecule has 6 nitrogen and oxygen atoms in total. The second-order valence-corrected chi connectivity index (χ2v) is 8.43. The summed E-state index contributed by atoms with van der Waals surface area (Å²) in [6, 6.07) is 27.9.